The van der Waals surface area contributed by atoms with Crippen molar-refractivity contribution in [1.29, 1.82) is 0 Å². The van der Waals surface area contributed by atoms with Crippen LogP contribution in [0.3, 0.4) is 0 Å². The average molecular weight is 297 g/mol. The normalized spacial score (nSPS) is 18.8. The van der Waals surface area contributed by atoms with Gasteiger partial charge in [0.05, 0.1) is 11.7 Å². The molecule has 0 amide bonds. The van der Waals surface area contributed by atoms with Crippen molar-refractivity contribution in [2.24, 2.45) is 0 Å². The number of hydrogen-bond acceptors (Lipinski definition) is 5. The van der Waals surface area contributed by atoms with Crippen LogP contribution in [-0.4, -0.2) is 32.4 Å². The van der Waals surface area contributed by atoms with Crippen LogP contribution < -0.4 is 5.32 Å². The summed E-state index contributed by atoms with van der Waals surface area (Å²) in [4.78, 5) is 15.9. The molecule has 22 heavy (non-hydrogen) atoms. The fraction of sp³-hybridized carbons (Fsp3) is 0.471. The quantitative estimate of drug-likeness (QED) is 0.936. The first kappa shape index (κ1) is 14.9. The van der Waals surface area contributed by atoms with Crippen molar-refractivity contribution in [2.45, 2.75) is 45.7 Å². The lowest BCUT2D eigenvalue weighted by atomic mass is 10.1. The van der Waals surface area contributed by atoms with Gasteiger partial charge in [-0.3, -0.25) is 4.90 Å². The molecule has 116 valence electrons. The smallest absolute Gasteiger partial charge is 0.228 e. The Morgan fingerprint density at radius 1 is 1.23 bits per heavy atom. The van der Waals surface area contributed by atoms with E-state index in [4.69, 9.17) is 4.98 Å². The highest BCUT2D eigenvalue weighted by atomic mass is 15.2. The van der Waals surface area contributed by atoms with Crippen LogP contribution in [0, 0.1) is 6.92 Å². The van der Waals surface area contributed by atoms with Crippen molar-refractivity contribution in [1.82, 2.24) is 19.9 Å². The Balaban J connectivity index is 1.79. The zero-order chi connectivity index (χ0) is 15.5. The van der Waals surface area contributed by atoms with Gasteiger partial charge < -0.3 is 5.32 Å². The van der Waals surface area contributed by atoms with E-state index >= 15 is 0 Å². The van der Waals surface area contributed by atoms with Crippen LogP contribution in [-0.2, 0) is 0 Å². The zero-order valence-corrected chi connectivity index (χ0v) is 13.5. The molecular weight excluding hydrogens is 274 g/mol. The number of likely N-dealkylation sites (tertiary alicyclic amines) is 1. The third-order valence-corrected chi connectivity index (χ3v) is 4.13. The maximum atomic E-state index is 4.70. The van der Waals surface area contributed by atoms with E-state index in [0.717, 1.165) is 30.0 Å². The van der Waals surface area contributed by atoms with Crippen molar-refractivity contribution in [3.8, 4) is 0 Å². The molecule has 2 aromatic heterocycles. The van der Waals surface area contributed by atoms with Crippen LogP contribution in [0.25, 0.3) is 0 Å². The second kappa shape index (κ2) is 6.40. The van der Waals surface area contributed by atoms with Crippen molar-refractivity contribution in [2.75, 3.05) is 11.9 Å². The predicted molar refractivity (Wildman–Crippen MR) is 88.1 cm³/mol. The molecule has 3 rings (SSSR count). The minimum atomic E-state index is 0.398. The molecule has 1 aliphatic heterocycles. The molecule has 5 heteroatoms. The van der Waals surface area contributed by atoms with Gasteiger partial charge in [0.25, 0.3) is 0 Å². The Bertz CT molecular complexity index is 623. The van der Waals surface area contributed by atoms with Crippen LogP contribution in [0.1, 0.15) is 44.0 Å². The van der Waals surface area contributed by atoms with Gasteiger partial charge in [-0.2, -0.15) is 0 Å². The lowest BCUT2D eigenvalue weighted by Gasteiger charge is -2.27. The second-order valence-electron chi connectivity index (χ2n) is 6.14. The van der Waals surface area contributed by atoms with Gasteiger partial charge in [-0.25, -0.2) is 15.0 Å². The van der Waals surface area contributed by atoms with Gasteiger partial charge >= 0.3 is 0 Å². The second-order valence-corrected chi connectivity index (χ2v) is 6.14. The Labute approximate surface area is 131 Å². The number of pyridine rings is 1. The molecule has 0 aromatic carbocycles. The molecular formula is C17H23N5. The number of hydrogen-bond donors (Lipinski definition) is 1. The van der Waals surface area contributed by atoms with E-state index in [9.17, 15) is 0 Å². The first-order chi connectivity index (χ1) is 10.6. The molecule has 0 bridgehead atoms. The van der Waals surface area contributed by atoms with Crippen LogP contribution in [0.4, 0.5) is 11.8 Å². The van der Waals surface area contributed by atoms with E-state index in [-0.39, 0.29) is 0 Å². The van der Waals surface area contributed by atoms with Gasteiger partial charge in [0.15, 0.2) is 0 Å². The zero-order valence-electron chi connectivity index (χ0n) is 13.5. The molecule has 1 atom stereocenters. The molecule has 3 heterocycles. The van der Waals surface area contributed by atoms with Crippen LogP contribution in [0.5, 0.6) is 0 Å². The summed E-state index contributed by atoms with van der Waals surface area (Å²) < 4.78 is 0. The highest BCUT2D eigenvalue weighted by Gasteiger charge is 2.29. The summed E-state index contributed by atoms with van der Waals surface area (Å²) >= 11 is 0. The molecule has 1 saturated heterocycles. The summed E-state index contributed by atoms with van der Waals surface area (Å²) in [7, 11) is 0. The summed E-state index contributed by atoms with van der Waals surface area (Å²) in [5.41, 5.74) is 2.23. The number of anilines is 2. The average Bonchev–Trinajstić information content (AvgIpc) is 3.00. The molecule has 0 aliphatic carbocycles. The summed E-state index contributed by atoms with van der Waals surface area (Å²) in [5.74, 6) is 1.39. The number of aromatic nitrogens is 3. The molecule has 0 radical (unpaired) electrons. The number of rotatable bonds is 4. The summed E-state index contributed by atoms with van der Waals surface area (Å²) in [6, 6.07) is 6.93. The minimum Gasteiger partial charge on any atom is -0.309 e. The van der Waals surface area contributed by atoms with Gasteiger partial charge in [0.1, 0.15) is 5.82 Å². The first-order valence-corrected chi connectivity index (χ1v) is 7.92. The predicted octanol–water partition coefficient (Wildman–Crippen LogP) is 3.47. The fourth-order valence-electron chi connectivity index (χ4n) is 3.00. The number of aryl methyl sites for hydroxylation is 1. The minimum absolute atomic E-state index is 0.398. The van der Waals surface area contributed by atoms with Crippen LogP contribution in [0.15, 0.2) is 30.6 Å². The number of nitrogens with zero attached hydrogens (tertiary/aromatic N) is 4. The standard InChI is InChI=1S/C17H23N5/c1-12(2)22-10-4-5-15(22)14-8-9-18-17(20-14)21-16-7-6-13(3)11-19-16/h6-9,11-12,15H,4-5,10H2,1-3H3,(H,18,19,20,21)/t15-/m1/s1. The van der Waals surface area contributed by atoms with Crippen molar-refractivity contribution >= 4 is 11.8 Å². The van der Waals surface area contributed by atoms with E-state index < -0.39 is 0 Å². The van der Waals surface area contributed by atoms with Crippen molar-refractivity contribution < 1.29 is 0 Å². The molecule has 1 aliphatic rings. The molecule has 2 aromatic rings. The molecule has 0 spiro atoms. The Morgan fingerprint density at radius 2 is 2.09 bits per heavy atom. The van der Waals surface area contributed by atoms with E-state index in [1.807, 2.05) is 37.5 Å². The van der Waals surface area contributed by atoms with Crippen molar-refractivity contribution in [3.63, 3.8) is 0 Å². The van der Waals surface area contributed by atoms with Gasteiger partial charge in [0.2, 0.25) is 5.95 Å². The lowest BCUT2D eigenvalue weighted by molar-refractivity contribution is 0.202. The number of nitrogens with one attached hydrogen (secondary N) is 1. The maximum Gasteiger partial charge on any atom is 0.228 e. The van der Waals surface area contributed by atoms with Gasteiger partial charge in [0, 0.05) is 18.4 Å². The van der Waals surface area contributed by atoms with Gasteiger partial charge in [-0.15, -0.1) is 0 Å². The van der Waals surface area contributed by atoms with Gasteiger partial charge in [-0.05, 0) is 57.9 Å². The Morgan fingerprint density at radius 3 is 2.82 bits per heavy atom. The molecule has 5 nitrogen and oxygen atoms in total. The van der Waals surface area contributed by atoms with Gasteiger partial charge in [-0.1, -0.05) is 6.07 Å². The summed E-state index contributed by atoms with van der Waals surface area (Å²) in [6.45, 7) is 7.66. The monoisotopic (exact) mass is 297 g/mol. The van der Waals surface area contributed by atoms with Crippen molar-refractivity contribution in [3.05, 3.63) is 41.9 Å². The van der Waals surface area contributed by atoms with Crippen LogP contribution >= 0.6 is 0 Å². The SMILES string of the molecule is Cc1ccc(Nc2nccc([C@H]3CCCN3C(C)C)n2)nc1. The molecule has 1 fully saturated rings. The maximum absolute atomic E-state index is 4.70. The molecule has 0 saturated carbocycles. The van der Waals surface area contributed by atoms with Crippen LogP contribution in [0.2, 0.25) is 0 Å². The third kappa shape index (κ3) is 3.25. The Hall–Kier alpha value is -2.01. The van der Waals surface area contributed by atoms with E-state index in [2.05, 4.69) is 34.0 Å². The highest BCUT2D eigenvalue weighted by Crippen LogP contribution is 2.32. The lowest BCUT2D eigenvalue weighted by Crippen LogP contribution is -2.30. The highest BCUT2D eigenvalue weighted by molar-refractivity contribution is 5.47. The molecule has 1 N–H and O–H groups in total. The topological polar surface area (TPSA) is 53.9 Å². The van der Waals surface area contributed by atoms with E-state index in [0.29, 0.717) is 18.0 Å². The third-order valence-electron chi connectivity index (χ3n) is 4.13. The molecule has 0 unspecified atom stereocenters. The fourth-order valence-corrected chi connectivity index (χ4v) is 3.00. The van der Waals surface area contributed by atoms with E-state index in [1.165, 1.54) is 6.42 Å². The summed E-state index contributed by atoms with van der Waals surface area (Å²) in [5, 5.41) is 3.19. The Kier molecular flexibility index (Phi) is 4.34. The van der Waals surface area contributed by atoms with E-state index in [1.54, 1.807) is 0 Å². The largest absolute Gasteiger partial charge is 0.309 e. The summed E-state index contributed by atoms with van der Waals surface area (Å²) in [6.07, 6.45) is 6.06. The first-order valence-electron chi connectivity index (χ1n) is 7.92.